The molecule has 8 heteroatoms. The Morgan fingerprint density at radius 3 is 2.44 bits per heavy atom. The van der Waals surface area contributed by atoms with Crippen LogP contribution in [-0.4, -0.2) is 36.1 Å². The lowest BCUT2D eigenvalue weighted by atomic mass is 10.1. The summed E-state index contributed by atoms with van der Waals surface area (Å²) in [6.07, 6.45) is 0.728. The minimum Gasteiger partial charge on any atom is -0.454 e. The van der Waals surface area contributed by atoms with Crippen LogP contribution >= 0.6 is 23.2 Å². The maximum Gasteiger partial charge on any atom is 0.242 e. The molecule has 1 N–H and O–H groups in total. The number of nitrogens with zero attached hydrogens (tertiary/aromatic N) is 1. The van der Waals surface area contributed by atoms with Crippen LogP contribution in [0.1, 0.15) is 38.3 Å². The molecule has 2 aromatic rings. The van der Waals surface area contributed by atoms with E-state index in [1.807, 2.05) is 32.0 Å². The van der Waals surface area contributed by atoms with Crippen LogP contribution in [0.4, 0.5) is 0 Å². The third kappa shape index (κ3) is 6.08. The molecule has 0 saturated carbocycles. The first-order chi connectivity index (χ1) is 15.3. The van der Waals surface area contributed by atoms with E-state index in [1.165, 1.54) is 4.90 Å². The van der Waals surface area contributed by atoms with E-state index < -0.39 is 6.04 Å². The number of fused-ring (bicyclic) bond motifs is 1. The highest BCUT2D eigenvalue weighted by Gasteiger charge is 2.27. The topological polar surface area (TPSA) is 67.9 Å². The van der Waals surface area contributed by atoms with E-state index in [0.29, 0.717) is 46.0 Å². The first kappa shape index (κ1) is 24.2. The zero-order chi connectivity index (χ0) is 23.3. The van der Waals surface area contributed by atoms with Crippen LogP contribution in [0.15, 0.2) is 36.4 Å². The van der Waals surface area contributed by atoms with Gasteiger partial charge >= 0.3 is 0 Å². The van der Waals surface area contributed by atoms with Crippen LogP contribution in [0.25, 0.3) is 0 Å². The maximum atomic E-state index is 13.3. The predicted molar refractivity (Wildman–Crippen MR) is 125 cm³/mol. The van der Waals surface area contributed by atoms with Gasteiger partial charge in [0.2, 0.25) is 18.6 Å². The van der Waals surface area contributed by atoms with Gasteiger partial charge in [0.05, 0.1) is 0 Å². The van der Waals surface area contributed by atoms with Crippen molar-refractivity contribution >= 4 is 35.0 Å². The fourth-order valence-electron chi connectivity index (χ4n) is 3.38. The molecule has 0 spiro atoms. The molecule has 32 heavy (non-hydrogen) atoms. The Bertz CT molecular complexity index is 960. The highest BCUT2D eigenvalue weighted by atomic mass is 35.5. The molecule has 0 fully saturated rings. The Morgan fingerprint density at radius 1 is 1.06 bits per heavy atom. The molecule has 0 bridgehead atoms. The Labute approximate surface area is 198 Å². The number of hydrogen-bond donors (Lipinski definition) is 1. The molecule has 2 amide bonds. The van der Waals surface area contributed by atoms with Gasteiger partial charge in [0.25, 0.3) is 0 Å². The number of nitrogens with one attached hydrogen (secondary N) is 1. The van der Waals surface area contributed by atoms with Gasteiger partial charge in [0.1, 0.15) is 6.04 Å². The number of carbonyl (C=O) groups excluding carboxylic acids is 2. The first-order valence-electron chi connectivity index (χ1n) is 10.6. The van der Waals surface area contributed by atoms with Crippen LogP contribution < -0.4 is 14.8 Å². The lowest BCUT2D eigenvalue weighted by molar-refractivity contribution is -0.140. The SMILES string of the molecule is CC(C)CNC(=O)C(C)N(Cc1c(Cl)cccc1Cl)C(=O)CCc1ccc2c(c1)OCO2. The summed E-state index contributed by atoms with van der Waals surface area (Å²) in [5, 5.41) is 3.82. The number of ether oxygens (including phenoxy) is 2. The van der Waals surface area contributed by atoms with Crippen molar-refractivity contribution in [3.05, 3.63) is 57.6 Å². The van der Waals surface area contributed by atoms with Crippen molar-refractivity contribution in [2.45, 2.75) is 46.2 Å². The number of carbonyl (C=O) groups is 2. The van der Waals surface area contributed by atoms with Crippen molar-refractivity contribution in [1.29, 1.82) is 0 Å². The molecule has 0 aliphatic carbocycles. The summed E-state index contributed by atoms with van der Waals surface area (Å²) in [6, 6.07) is 10.1. The highest BCUT2D eigenvalue weighted by molar-refractivity contribution is 6.36. The van der Waals surface area contributed by atoms with E-state index in [-0.39, 0.29) is 31.6 Å². The molecule has 0 saturated heterocycles. The molecule has 0 radical (unpaired) electrons. The minimum absolute atomic E-state index is 0.148. The van der Waals surface area contributed by atoms with Crippen molar-refractivity contribution < 1.29 is 19.1 Å². The van der Waals surface area contributed by atoms with Crippen molar-refractivity contribution in [1.82, 2.24) is 10.2 Å². The van der Waals surface area contributed by atoms with Gasteiger partial charge in [0, 0.05) is 35.1 Å². The third-order valence-corrected chi connectivity index (χ3v) is 6.01. The van der Waals surface area contributed by atoms with E-state index in [9.17, 15) is 9.59 Å². The summed E-state index contributed by atoms with van der Waals surface area (Å²) in [5.74, 6) is 1.31. The predicted octanol–water partition coefficient (Wildman–Crippen LogP) is 4.84. The molecular formula is C24H28Cl2N2O4. The summed E-state index contributed by atoms with van der Waals surface area (Å²) >= 11 is 12.7. The van der Waals surface area contributed by atoms with E-state index in [1.54, 1.807) is 25.1 Å². The molecule has 1 heterocycles. The van der Waals surface area contributed by atoms with Crippen molar-refractivity contribution in [3.8, 4) is 11.5 Å². The molecule has 1 aliphatic heterocycles. The van der Waals surface area contributed by atoms with Crippen LogP contribution in [-0.2, 0) is 22.6 Å². The molecule has 6 nitrogen and oxygen atoms in total. The Kier molecular flexibility index (Phi) is 8.26. The fourth-order valence-corrected chi connectivity index (χ4v) is 3.90. The maximum absolute atomic E-state index is 13.3. The van der Waals surface area contributed by atoms with Gasteiger partial charge in [-0.05, 0) is 49.1 Å². The van der Waals surface area contributed by atoms with E-state index in [2.05, 4.69) is 5.32 Å². The number of benzene rings is 2. The minimum atomic E-state index is -0.676. The second-order valence-corrected chi connectivity index (χ2v) is 9.04. The van der Waals surface area contributed by atoms with Crippen LogP contribution in [0.2, 0.25) is 10.0 Å². The van der Waals surface area contributed by atoms with Crippen molar-refractivity contribution in [3.63, 3.8) is 0 Å². The average Bonchev–Trinajstić information content (AvgIpc) is 3.23. The molecule has 1 atom stereocenters. The number of hydrogen-bond acceptors (Lipinski definition) is 4. The highest BCUT2D eigenvalue weighted by Crippen LogP contribution is 2.33. The van der Waals surface area contributed by atoms with Gasteiger partial charge in [-0.25, -0.2) is 0 Å². The molecule has 1 aliphatic rings. The van der Waals surface area contributed by atoms with Gasteiger partial charge < -0.3 is 19.7 Å². The standard InChI is InChI=1S/C24H28Cl2N2O4/c1-15(2)12-27-24(30)16(3)28(13-18-19(25)5-4-6-20(18)26)23(29)10-8-17-7-9-21-22(11-17)32-14-31-21/h4-7,9,11,15-16H,8,10,12-14H2,1-3H3,(H,27,30). The van der Waals surface area contributed by atoms with Gasteiger partial charge in [-0.15, -0.1) is 0 Å². The van der Waals surface area contributed by atoms with Crippen LogP contribution in [0, 0.1) is 5.92 Å². The van der Waals surface area contributed by atoms with Gasteiger partial charge in [-0.1, -0.05) is 49.2 Å². The fraction of sp³-hybridized carbons (Fsp3) is 0.417. The second-order valence-electron chi connectivity index (χ2n) is 8.22. The summed E-state index contributed by atoms with van der Waals surface area (Å²) in [4.78, 5) is 27.6. The quantitative estimate of drug-likeness (QED) is 0.559. The number of aryl methyl sites for hydroxylation is 1. The second kappa shape index (κ2) is 10.9. The van der Waals surface area contributed by atoms with Crippen molar-refractivity contribution in [2.24, 2.45) is 5.92 Å². The Morgan fingerprint density at radius 2 is 1.75 bits per heavy atom. The average molecular weight is 479 g/mol. The Balaban J connectivity index is 1.75. The molecule has 0 aromatic heterocycles. The normalized spacial score (nSPS) is 13.2. The van der Waals surface area contributed by atoms with Gasteiger partial charge in [-0.2, -0.15) is 0 Å². The van der Waals surface area contributed by atoms with Crippen molar-refractivity contribution in [2.75, 3.05) is 13.3 Å². The van der Waals surface area contributed by atoms with Gasteiger partial charge in [-0.3, -0.25) is 9.59 Å². The largest absolute Gasteiger partial charge is 0.454 e. The zero-order valence-corrected chi connectivity index (χ0v) is 20.0. The lowest BCUT2D eigenvalue weighted by Crippen LogP contribution is -2.48. The number of rotatable bonds is 9. The molecule has 3 rings (SSSR count). The lowest BCUT2D eigenvalue weighted by Gasteiger charge is -2.29. The Hall–Kier alpha value is -2.44. The zero-order valence-electron chi connectivity index (χ0n) is 18.5. The summed E-state index contributed by atoms with van der Waals surface area (Å²) < 4.78 is 10.8. The molecule has 2 aromatic carbocycles. The van der Waals surface area contributed by atoms with E-state index >= 15 is 0 Å². The summed E-state index contributed by atoms with van der Waals surface area (Å²) in [5.41, 5.74) is 1.58. The van der Waals surface area contributed by atoms with Gasteiger partial charge in [0.15, 0.2) is 11.5 Å². The first-order valence-corrected chi connectivity index (χ1v) is 11.4. The summed E-state index contributed by atoms with van der Waals surface area (Å²) in [7, 11) is 0. The third-order valence-electron chi connectivity index (χ3n) is 5.31. The van der Waals surface area contributed by atoms with Crippen LogP contribution in [0.3, 0.4) is 0 Å². The monoisotopic (exact) mass is 478 g/mol. The number of halogens is 2. The molecule has 172 valence electrons. The molecule has 1 unspecified atom stereocenters. The summed E-state index contributed by atoms with van der Waals surface area (Å²) in [6.45, 7) is 6.64. The number of amides is 2. The van der Waals surface area contributed by atoms with E-state index in [4.69, 9.17) is 32.7 Å². The smallest absolute Gasteiger partial charge is 0.242 e. The van der Waals surface area contributed by atoms with Crippen LogP contribution in [0.5, 0.6) is 11.5 Å². The molecular weight excluding hydrogens is 451 g/mol. The van der Waals surface area contributed by atoms with E-state index in [0.717, 1.165) is 5.56 Å².